The Morgan fingerprint density at radius 2 is 2.10 bits per heavy atom. The lowest BCUT2D eigenvalue weighted by Crippen LogP contribution is -2.14. The van der Waals surface area contributed by atoms with Gasteiger partial charge in [-0.15, -0.1) is 11.3 Å². The molecule has 162 valence electrons. The maximum absolute atomic E-state index is 14.2. The third-order valence-corrected chi connectivity index (χ3v) is 6.60. The molecular formula is C24H26FN3O2S. The molecule has 1 aromatic carbocycles. The topological polar surface area (TPSA) is 64.1 Å². The second kappa shape index (κ2) is 10.0. The maximum atomic E-state index is 14.2. The van der Waals surface area contributed by atoms with Gasteiger partial charge in [-0.05, 0) is 61.4 Å². The van der Waals surface area contributed by atoms with Crippen molar-refractivity contribution in [2.45, 2.75) is 44.4 Å². The molecule has 0 spiro atoms. The van der Waals surface area contributed by atoms with Gasteiger partial charge in [0.2, 0.25) is 0 Å². The van der Waals surface area contributed by atoms with E-state index in [0.717, 1.165) is 72.7 Å². The zero-order chi connectivity index (χ0) is 21.6. The van der Waals surface area contributed by atoms with Gasteiger partial charge in [0.15, 0.2) is 11.6 Å². The molecule has 7 heteroatoms. The van der Waals surface area contributed by atoms with Gasteiger partial charge >= 0.3 is 0 Å². The van der Waals surface area contributed by atoms with Crippen molar-refractivity contribution in [3.8, 4) is 5.75 Å². The predicted octanol–water partition coefficient (Wildman–Crippen LogP) is 4.94. The number of hydrogen-bond donors (Lipinski definition) is 1. The minimum absolute atomic E-state index is 0.194. The number of nitrogens with zero attached hydrogens (tertiary/aromatic N) is 2. The predicted molar refractivity (Wildman–Crippen MR) is 121 cm³/mol. The van der Waals surface area contributed by atoms with Gasteiger partial charge in [0, 0.05) is 30.0 Å². The molecule has 0 saturated carbocycles. The number of aldehydes is 1. The number of benzene rings is 1. The molecule has 1 aliphatic rings. The van der Waals surface area contributed by atoms with Gasteiger partial charge in [-0.1, -0.05) is 12.1 Å². The second-order valence-corrected chi connectivity index (χ2v) is 8.61. The lowest BCUT2D eigenvalue weighted by molar-refractivity contribution is -0.108. The summed E-state index contributed by atoms with van der Waals surface area (Å²) in [5.74, 6) is 0.548. The minimum atomic E-state index is -0.431. The van der Waals surface area contributed by atoms with E-state index >= 15 is 0 Å². The third kappa shape index (κ3) is 5.10. The van der Waals surface area contributed by atoms with E-state index in [9.17, 15) is 9.18 Å². The van der Waals surface area contributed by atoms with E-state index in [-0.39, 0.29) is 18.1 Å². The van der Waals surface area contributed by atoms with Crippen LogP contribution in [-0.2, 0) is 24.1 Å². The first-order valence-corrected chi connectivity index (χ1v) is 11.5. The summed E-state index contributed by atoms with van der Waals surface area (Å²) in [6.45, 7) is 0.991. The largest absolute Gasteiger partial charge is 0.494 e. The first kappa shape index (κ1) is 21.4. The number of nitrogens with one attached hydrogen (secondary N) is 1. The van der Waals surface area contributed by atoms with Crippen LogP contribution in [0.15, 0.2) is 35.7 Å². The van der Waals surface area contributed by atoms with E-state index in [1.807, 2.05) is 5.38 Å². The number of ether oxygens (including phenoxy) is 1. The Labute approximate surface area is 185 Å². The highest BCUT2D eigenvalue weighted by atomic mass is 32.1. The highest BCUT2D eigenvalue weighted by Gasteiger charge is 2.19. The fourth-order valence-electron chi connectivity index (χ4n) is 3.93. The van der Waals surface area contributed by atoms with Crippen LogP contribution in [0.1, 0.15) is 52.7 Å². The van der Waals surface area contributed by atoms with E-state index in [1.165, 1.54) is 30.1 Å². The molecule has 1 atom stereocenters. The summed E-state index contributed by atoms with van der Waals surface area (Å²) in [5.41, 5.74) is 4.13. The smallest absolute Gasteiger partial charge is 0.165 e. The van der Waals surface area contributed by atoms with Crippen LogP contribution >= 0.6 is 11.3 Å². The van der Waals surface area contributed by atoms with Gasteiger partial charge in [0.05, 0.1) is 12.8 Å². The number of carbonyl (C=O) groups excluding carboxylic acids is 1. The molecule has 4 rings (SSSR count). The van der Waals surface area contributed by atoms with Crippen LogP contribution in [0.4, 0.5) is 10.2 Å². The van der Waals surface area contributed by atoms with Crippen molar-refractivity contribution in [1.82, 2.24) is 9.97 Å². The van der Waals surface area contributed by atoms with Crippen LogP contribution in [0.25, 0.3) is 0 Å². The summed E-state index contributed by atoms with van der Waals surface area (Å²) < 4.78 is 19.2. The van der Waals surface area contributed by atoms with Gasteiger partial charge < -0.3 is 14.8 Å². The summed E-state index contributed by atoms with van der Waals surface area (Å²) in [4.78, 5) is 20.8. The summed E-state index contributed by atoms with van der Waals surface area (Å²) in [6.07, 6.45) is 6.07. The van der Waals surface area contributed by atoms with Crippen molar-refractivity contribution >= 4 is 23.4 Å². The molecule has 0 amide bonds. The summed E-state index contributed by atoms with van der Waals surface area (Å²) >= 11 is 1.52. The van der Waals surface area contributed by atoms with Gasteiger partial charge in [-0.2, -0.15) is 0 Å². The molecule has 2 aromatic heterocycles. The monoisotopic (exact) mass is 439 g/mol. The first-order valence-electron chi connectivity index (χ1n) is 10.6. The number of halogens is 1. The molecule has 0 radical (unpaired) electrons. The van der Waals surface area contributed by atoms with E-state index < -0.39 is 5.82 Å². The summed E-state index contributed by atoms with van der Waals surface area (Å²) in [6, 6.07) is 9.13. The Kier molecular flexibility index (Phi) is 6.92. The van der Waals surface area contributed by atoms with Crippen molar-refractivity contribution < 1.29 is 13.9 Å². The van der Waals surface area contributed by atoms with Crippen LogP contribution in [0.2, 0.25) is 0 Å². The number of aromatic nitrogens is 2. The zero-order valence-corrected chi connectivity index (χ0v) is 18.4. The van der Waals surface area contributed by atoms with Crippen LogP contribution < -0.4 is 10.1 Å². The van der Waals surface area contributed by atoms with Gasteiger partial charge in [0.1, 0.15) is 17.1 Å². The lowest BCUT2D eigenvalue weighted by Gasteiger charge is -2.17. The lowest BCUT2D eigenvalue weighted by atomic mass is 9.96. The minimum Gasteiger partial charge on any atom is -0.494 e. The Hall–Kier alpha value is -2.80. The van der Waals surface area contributed by atoms with Crippen molar-refractivity contribution in [3.05, 3.63) is 69.1 Å². The molecular weight excluding hydrogens is 413 g/mol. The number of methoxy groups -OCH3 is 1. The zero-order valence-electron chi connectivity index (χ0n) is 17.6. The molecule has 1 unspecified atom stereocenters. The van der Waals surface area contributed by atoms with Crippen LogP contribution in [-0.4, -0.2) is 29.9 Å². The molecule has 0 aliphatic carbocycles. The highest BCUT2D eigenvalue weighted by molar-refractivity contribution is 7.09. The number of aryl methyl sites for hydroxylation is 3. The number of thiazole rings is 1. The number of rotatable bonds is 9. The molecule has 5 nitrogen and oxygen atoms in total. The fourth-order valence-corrected chi connectivity index (χ4v) is 4.93. The number of fused-ring (bicyclic) bond motifs is 1. The Morgan fingerprint density at radius 3 is 2.90 bits per heavy atom. The molecule has 0 bridgehead atoms. The normalized spacial score (nSPS) is 13.9. The quantitative estimate of drug-likeness (QED) is 0.479. The van der Waals surface area contributed by atoms with Crippen molar-refractivity contribution in [2.24, 2.45) is 0 Å². The van der Waals surface area contributed by atoms with E-state index in [0.29, 0.717) is 0 Å². The Bertz CT molecular complexity index is 1050. The van der Waals surface area contributed by atoms with Crippen LogP contribution in [0.5, 0.6) is 5.75 Å². The SMILES string of the molecule is COc1ccc(C(CC=O)c2nc(CCCc3ccc4c(n3)NCCC4)cs2)cc1F. The molecule has 1 N–H and O–H groups in total. The van der Waals surface area contributed by atoms with Crippen LogP contribution in [0, 0.1) is 5.82 Å². The Morgan fingerprint density at radius 1 is 1.23 bits per heavy atom. The molecule has 3 heterocycles. The number of carbonyl (C=O) groups is 1. The van der Waals surface area contributed by atoms with Crippen LogP contribution in [0.3, 0.4) is 0 Å². The second-order valence-electron chi connectivity index (χ2n) is 7.72. The fraction of sp³-hybridized carbons (Fsp3) is 0.375. The molecule has 0 fully saturated rings. The average Bonchev–Trinajstić information content (AvgIpc) is 3.26. The molecule has 1 aliphatic heterocycles. The maximum Gasteiger partial charge on any atom is 0.165 e. The first-order chi connectivity index (χ1) is 15.2. The third-order valence-electron chi connectivity index (χ3n) is 5.60. The molecule has 0 saturated heterocycles. The number of pyridine rings is 1. The summed E-state index contributed by atoms with van der Waals surface area (Å²) in [5, 5.41) is 6.25. The van der Waals surface area contributed by atoms with Crippen molar-refractivity contribution in [3.63, 3.8) is 0 Å². The summed E-state index contributed by atoms with van der Waals surface area (Å²) in [7, 11) is 1.43. The van der Waals surface area contributed by atoms with E-state index in [2.05, 4.69) is 17.4 Å². The van der Waals surface area contributed by atoms with Gasteiger partial charge in [-0.25, -0.2) is 14.4 Å². The molecule has 31 heavy (non-hydrogen) atoms. The Balaban J connectivity index is 1.40. The number of hydrogen-bond acceptors (Lipinski definition) is 6. The van der Waals surface area contributed by atoms with Crippen molar-refractivity contribution in [2.75, 3.05) is 19.0 Å². The molecule has 3 aromatic rings. The number of anilines is 1. The van der Waals surface area contributed by atoms with Gasteiger partial charge in [-0.3, -0.25) is 0 Å². The standard InChI is InChI=1S/C24H26FN3O2S/c1-30-22-10-8-17(14-21(22)25)20(11-13-29)24-28-19(15-31-24)6-2-5-18-9-7-16-4-3-12-26-23(16)27-18/h7-10,13-15,20H,2-6,11-12H2,1H3,(H,26,27). The average molecular weight is 440 g/mol. The van der Waals surface area contributed by atoms with Gasteiger partial charge in [0.25, 0.3) is 0 Å². The van der Waals surface area contributed by atoms with E-state index in [4.69, 9.17) is 14.7 Å². The van der Waals surface area contributed by atoms with Crippen molar-refractivity contribution in [1.29, 1.82) is 0 Å². The van der Waals surface area contributed by atoms with E-state index in [1.54, 1.807) is 12.1 Å². The highest BCUT2D eigenvalue weighted by Crippen LogP contribution is 2.32.